The van der Waals surface area contributed by atoms with Gasteiger partial charge in [0.1, 0.15) is 6.10 Å². The quantitative estimate of drug-likeness (QED) is 0.819. The molecule has 1 aliphatic carbocycles. The fourth-order valence-electron chi connectivity index (χ4n) is 2.08. The van der Waals surface area contributed by atoms with Gasteiger partial charge in [-0.2, -0.15) is 0 Å². The Kier molecular flexibility index (Phi) is 2.78. The highest BCUT2D eigenvalue weighted by atomic mass is 16.5. The number of rotatable bonds is 4. The highest BCUT2D eigenvalue weighted by Gasteiger charge is 2.23. The molecule has 16 heavy (non-hydrogen) atoms. The molecule has 1 aliphatic heterocycles. The van der Waals surface area contributed by atoms with Crippen molar-refractivity contribution < 1.29 is 4.74 Å². The number of ether oxygens (including phenoxy) is 1. The van der Waals surface area contributed by atoms with Crippen LogP contribution in [0.3, 0.4) is 0 Å². The van der Waals surface area contributed by atoms with E-state index in [-0.39, 0.29) is 6.10 Å². The molecule has 3 rings (SSSR count). The molecular weight excluding hydrogens is 204 g/mol. The average Bonchev–Trinajstić information content (AvgIpc) is 3.01. The van der Waals surface area contributed by atoms with E-state index in [0.29, 0.717) is 5.88 Å². The monoisotopic (exact) mass is 222 g/mol. The minimum absolute atomic E-state index is 0.264. The number of nitrogens with one attached hydrogen (secondary N) is 1. The lowest BCUT2D eigenvalue weighted by Crippen LogP contribution is -2.37. The van der Waals surface area contributed by atoms with Gasteiger partial charge in [-0.25, -0.2) is 4.68 Å². The molecule has 2 heterocycles. The molecule has 1 saturated carbocycles. The highest BCUT2D eigenvalue weighted by Crippen LogP contribution is 2.30. The maximum Gasteiger partial charge on any atom is 0.253 e. The van der Waals surface area contributed by atoms with Crippen molar-refractivity contribution in [1.29, 1.82) is 0 Å². The molecule has 1 aromatic heterocycles. The van der Waals surface area contributed by atoms with Crippen molar-refractivity contribution in [1.82, 2.24) is 20.3 Å². The van der Waals surface area contributed by atoms with E-state index in [1.807, 2.05) is 10.9 Å². The van der Waals surface area contributed by atoms with Gasteiger partial charge in [0.05, 0.1) is 6.20 Å². The lowest BCUT2D eigenvalue weighted by molar-refractivity contribution is 0.160. The summed E-state index contributed by atoms with van der Waals surface area (Å²) in [7, 11) is 0. The summed E-state index contributed by atoms with van der Waals surface area (Å²) in [6.07, 6.45) is 7.15. The second-order valence-electron chi connectivity index (χ2n) is 4.81. The molecule has 5 heteroatoms. The maximum absolute atomic E-state index is 5.78. The van der Waals surface area contributed by atoms with E-state index in [1.54, 1.807) is 0 Å². The van der Waals surface area contributed by atoms with Gasteiger partial charge < -0.3 is 10.1 Å². The molecule has 2 fully saturated rings. The molecule has 0 amide bonds. The number of hydrogen-bond donors (Lipinski definition) is 1. The van der Waals surface area contributed by atoms with Gasteiger partial charge in [-0.3, -0.25) is 0 Å². The molecular formula is C11H18N4O. The summed E-state index contributed by atoms with van der Waals surface area (Å²) in [4.78, 5) is 0. The average molecular weight is 222 g/mol. The van der Waals surface area contributed by atoms with Crippen LogP contribution in [0, 0.1) is 5.92 Å². The molecule has 1 atom stereocenters. The normalized spacial score (nSPS) is 25.6. The third-order valence-electron chi connectivity index (χ3n) is 3.20. The first-order valence-corrected chi connectivity index (χ1v) is 6.17. The van der Waals surface area contributed by atoms with Gasteiger partial charge in [-0.15, -0.1) is 0 Å². The molecule has 88 valence electrons. The van der Waals surface area contributed by atoms with Crippen LogP contribution in [-0.4, -0.2) is 34.2 Å². The number of piperidine rings is 1. The van der Waals surface area contributed by atoms with Crippen molar-refractivity contribution in [3.63, 3.8) is 0 Å². The van der Waals surface area contributed by atoms with Crippen molar-refractivity contribution >= 4 is 0 Å². The summed E-state index contributed by atoms with van der Waals surface area (Å²) in [6, 6.07) is 0. The second kappa shape index (κ2) is 4.41. The summed E-state index contributed by atoms with van der Waals surface area (Å²) >= 11 is 0. The van der Waals surface area contributed by atoms with Gasteiger partial charge in [0.2, 0.25) is 0 Å². The third-order valence-corrected chi connectivity index (χ3v) is 3.20. The predicted octanol–water partition coefficient (Wildman–Crippen LogP) is 0.819. The van der Waals surface area contributed by atoms with Gasteiger partial charge in [-0.05, 0) is 38.1 Å². The molecule has 1 aromatic rings. The molecule has 0 radical (unpaired) electrons. The Morgan fingerprint density at radius 1 is 1.44 bits per heavy atom. The van der Waals surface area contributed by atoms with E-state index in [4.69, 9.17) is 4.74 Å². The standard InChI is InChI=1S/C11H18N4O/c1-2-10(6-12-5-1)16-11-8-15(14-13-11)7-9-3-4-9/h8-10,12H,1-7H2. The zero-order chi connectivity index (χ0) is 10.8. The van der Waals surface area contributed by atoms with E-state index in [9.17, 15) is 0 Å². The zero-order valence-electron chi connectivity index (χ0n) is 9.43. The summed E-state index contributed by atoms with van der Waals surface area (Å²) in [5, 5.41) is 11.5. The molecule has 0 aromatic carbocycles. The smallest absolute Gasteiger partial charge is 0.253 e. The Bertz CT molecular complexity index is 342. The van der Waals surface area contributed by atoms with Crippen LogP contribution in [0.15, 0.2) is 6.20 Å². The number of aromatic nitrogens is 3. The second-order valence-corrected chi connectivity index (χ2v) is 4.81. The van der Waals surface area contributed by atoms with Gasteiger partial charge >= 0.3 is 0 Å². The Morgan fingerprint density at radius 2 is 2.38 bits per heavy atom. The zero-order valence-corrected chi connectivity index (χ0v) is 9.43. The Balaban J connectivity index is 1.54. The Morgan fingerprint density at radius 3 is 3.12 bits per heavy atom. The Hall–Kier alpha value is -1.10. The van der Waals surface area contributed by atoms with Crippen LogP contribution in [0.25, 0.3) is 0 Å². The fraction of sp³-hybridized carbons (Fsp3) is 0.818. The minimum Gasteiger partial charge on any atom is -0.471 e. The van der Waals surface area contributed by atoms with E-state index >= 15 is 0 Å². The van der Waals surface area contributed by atoms with Crippen LogP contribution in [0.5, 0.6) is 5.88 Å². The third kappa shape index (κ3) is 2.52. The van der Waals surface area contributed by atoms with E-state index in [1.165, 1.54) is 19.3 Å². The summed E-state index contributed by atoms with van der Waals surface area (Å²) < 4.78 is 7.69. The summed E-state index contributed by atoms with van der Waals surface area (Å²) in [5.41, 5.74) is 0. The van der Waals surface area contributed by atoms with Crippen molar-refractivity contribution in [2.24, 2.45) is 5.92 Å². The van der Waals surface area contributed by atoms with Gasteiger partial charge in [0.25, 0.3) is 5.88 Å². The Labute approximate surface area is 95.2 Å². The molecule has 0 spiro atoms. The minimum atomic E-state index is 0.264. The highest BCUT2D eigenvalue weighted by molar-refractivity contribution is 5.01. The van der Waals surface area contributed by atoms with Crippen molar-refractivity contribution in [2.75, 3.05) is 13.1 Å². The van der Waals surface area contributed by atoms with E-state index < -0.39 is 0 Å². The van der Waals surface area contributed by atoms with Gasteiger partial charge in [0.15, 0.2) is 0 Å². The lowest BCUT2D eigenvalue weighted by Gasteiger charge is -2.22. The number of hydrogen-bond acceptors (Lipinski definition) is 4. The molecule has 5 nitrogen and oxygen atoms in total. The molecule has 2 aliphatic rings. The molecule has 1 saturated heterocycles. The van der Waals surface area contributed by atoms with E-state index in [2.05, 4.69) is 15.6 Å². The van der Waals surface area contributed by atoms with Gasteiger partial charge in [-0.1, -0.05) is 10.3 Å². The number of nitrogens with zero attached hydrogens (tertiary/aromatic N) is 3. The van der Waals surface area contributed by atoms with Crippen LogP contribution in [-0.2, 0) is 6.54 Å². The van der Waals surface area contributed by atoms with Gasteiger partial charge in [0, 0.05) is 13.1 Å². The first kappa shape index (κ1) is 10.1. The first-order chi connectivity index (χ1) is 7.90. The van der Waals surface area contributed by atoms with Crippen molar-refractivity contribution in [2.45, 2.75) is 38.3 Å². The topological polar surface area (TPSA) is 52.0 Å². The first-order valence-electron chi connectivity index (χ1n) is 6.17. The van der Waals surface area contributed by atoms with Crippen LogP contribution >= 0.6 is 0 Å². The fourth-order valence-corrected chi connectivity index (χ4v) is 2.08. The summed E-state index contributed by atoms with van der Waals surface area (Å²) in [6.45, 7) is 3.03. The lowest BCUT2D eigenvalue weighted by atomic mass is 10.1. The molecule has 1 unspecified atom stereocenters. The van der Waals surface area contributed by atoms with Crippen LogP contribution in [0.1, 0.15) is 25.7 Å². The van der Waals surface area contributed by atoms with Crippen LogP contribution in [0.2, 0.25) is 0 Å². The molecule has 1 N–H and O–H groups in total. The SMILES string of the molecule is c1c(OC2CCCNC2)nnn1CC1CC1. The van der Waals surface area contributed by atoms with Crippen LogP contribution in [0.4, 0.5) is 0 Å². The predicted molar refractivity (Wildman–Crippen MR) is 59.3 cm³/mol. The van der Waals surface area contributed by atoms with Crippen molar-refractivity contribution in [3.05, 3.63) is 6.20 Å². The largest absolute Gasteiger partial charge is 0.471 e. The van der Waals surface area contributed by atoms with Crippen LogP contribution < -0.4 is 10.1 Å². The van der Waals surface area contributed by atoms with Crippen molar-refractivity contribution in [3.8, 4) is 5.88 Å². The maximum atomic E-state index is 5.78. The van der Waals surface area contributed by atoms with E-state index in [0.717, 1.165) is 32.0 Å². The summed E-state index contributed by atoms with van der Waals surface area (Å²) in [5.74, 6) is 1.50. The molecule has 0 bridgehead atoms.